The van der Waals surface area contributed by atoms with Crippen molar-refractivity contribution in [2.24, 2.45) is 35.5 Å². The minimum Gasteiger partial charge on any atom is -0.460 e. The molecule has 15 atom stereocenters. The Morgan fingerprint density at radius 2 is 1.60 bits per heavy atom. The minimum atomic E-state index is -2.43. The predicted octanol–water partition coefficient (Wildman–Crippen LogP) is 6.73. The van der Waals surface area contributed by atoms with Gasteiger partial charge in [0.15, 0.2) is 5.78 Å². The summed E-state index contributed by atoms with van der Waals surface area (Å²) >= 11 is 0. The number of esters is 1. The summed E-state index contributed by atoms with van der Waals surface area (Å²) in [5, 5.41) is 33.0. The Morgan fingerprint density at radius 3 is 2.29 bits per heavy atom. The Bertz CT molecular complexity index is 1890. The highest BCUT2D eigenvalue weighted by atomic mass is 16.6. The maximum atomic E-state index is 14.5. The normalized spacial score (nSPS) is 39.5. The number of nitrogens with zero attached hydrogens (tertiary/aromatic N) is 1. The highest BCUT2D eigenvalue weighted by molar-refractivity contribution is 6.39. The van der Waals surface area contributed by atoms with E-state index in [0.29, 0.717) is 63.4 Å². The Labute approximate surface area is 416 Å². The third-order valence-corrected chi connectivity index (χ3v) is 15.5. The van der Waals surface area contributed by atoms with E-state index in [-0.39, 0.29) is 86.3 Å². The third kappa shape index (κ3) is 15.6. The van der Waals surface area contributed by atoms with Crippen LogP contribution in [0.3, 0.4) is 0 Å². The van der Waals surface area contributed by atoms with Crippen molar-refractivity contribution in [2.45, 2.75) is 199 Å². The summed E-state index contributed by atoms with van der Waals surface area (Å²) < 4.78 is 36.3. The number of hydrogen-bond donors (Lipinski definition) is 3. The Morgan fingerprint density at radius 1 is 0.857 bits per heavy atom. The number of aliphatic hydroxyl groups is 3. The van der Waals surface area contributed by atoms with Gasteiger partial charge in [-0.15, -0.1) is 0 Å². The van der Waals surface area contributed by atoms with Crippen molar-refractivity contribution in [3.05, 3.63) is 47.6 Å². The molecule has 0 aromatic rings. The molecule has 2 saturated heterocycles. The number of aliphatic hydroxyl groups excluding tert-OH is 2. The first kappa shape index (κ1) is 57.5. The van der Waals surface area contributed by atoms with Crippen LogP contribution in [-0.2, 0) is 52.4 Å². The van der Waals surface area contributed by atoms with Gasteiger partial charge in [0.1, 0.15) is 30.1 Å². The van der Waals surface area contributed by atoms with Gasteiger partial charge in [-0.05, 0) is 120 Å². The molecule has 5 aliphatic rings. The lowest BCUT2D eigenvalue weighted by Gasteiger charge is -2.43. The van der Waals surface area contributed by atoms with Crippen LogP contribution in [0.5, 0.6) is 0 Å². The molecule has 0 spiro atoms. The fourth-order valence-corrected chi connectivity index (χ4v) is 10.8. The van der Waals surface area contributed by atoms with Gasteiger partial charge in [0.2, 0.25) is 5.79 Å². The van der Waals surface area contributed by atoms with E-state index >= 15 is 0 Å². The number of allylic oxidation sites excluding steroid dienone is 6. The highest BCUT2D eigenvalue weighted by Crippen LogP contribution is 2.39. The fourth-order valence-electron chi connectivity index (χ4n) is 10.8. The summed E-state index contributed by atoms with van der Waals surface area (Å²) in [4.78, 5) is 72.5. The van der Waals surface area contributed by atoms with Crippen molar-refractivity contribution < 1.29 is 67.7 Å². The van der Waals surface area contributed by atoms with E-state index in [1.54, 1.807) is 34.0 Å². The first-order chi connectivity index (χ1) is 33.3. The van der Waals surface area contributed by atoms with Crippen molar-refractivity contribution in [3.63, 3.8) is 0 Å². The van der Waals surface area contributed by atoms with Crippen LogP contribution in [-0.4, -0.2) is 144 Å². The summed E-state index contributed by atoms with van der Waals surface area (Å²) in [5.74, 6) is -7.90. The first-order valence-electron chi connectivity index (χ1n) is 26.2. The zero-order valence-corrected chi connectivity index (χ0v) is 43.4. The third-order valence-electron chi connectivity index (χ3n) is 15.5. The van der Waals surface area contributed by atoms with Gasteiger partial charge in [-0.1, -0.05) is 71.1 Å². The Kier molecular flexibility index (Phi) is 22.2. The predicted molar refractivity (Wildman–Crippen MR) is 263 cm³/mol. The number of Topliss-reactive ketones (excluding diaryl/α,β-unsaturated/α-hetero) is 3. The van der Waals surface area contributed by atoms with Gasteiger partial charge in [-0.3, -0.25) is 19.2 Å². The van der Waals surface area contributed by atoms with E-state index in [0.717, 1.165) is 24.8 Å². The number of hydrogen-bond acceptors (Lipinski definition) is 14. The standard InChI is InChI=1S/C55H85NO14/c1-33-15-11-10-12-16-34(2)46(68-41-21-22-41)31-42-20-18-39(7)55(64,70-42)52(61)53(62)56-24-14-13-17-43(56)54(63)69-47(36(4)29-40-19-23-45(67-26-25-57)48(30-40)65-8)32-44(58)35(3)28-38(6)50(60)51(66-9)49(59)37(5)27-33/h10-12,15-16,28,33,35-37,39-43,45-48,50-51,57,60,64H,13-14,17-27,29-32H2,1-9H3/b12-10+,15-11+,34-16+,38-28+/t33-,35-,36-,37-,39-,40+,42+,43+,45-,46+,47+,48-,50-,51+,55-/m1/s1. The molecule has 70 heavy (non-hydrogen) atoms. The van der Waals surface area contributed by atoms with Gasteiger partial charge < -0.3 is 48.6 Å². The average molecular weight is 984 g/mol. The SMILES string of the molecule is CO[C@@H]1C[C@H](C[C@@H](C)[C@@H]2CC(=O)[C@H](C)/C=C(\C)[C@@H](O)[C@@H](OC)C(=O)[C@H](C)C[C@H](C)/C=C/C=C/C=C(\C)[C@@H](OC3CC3)C[C@@H]3CC[C@@H](C)[C@@](O)(O3)C(=O)C(=O)N3CCCC[C@H]3C(=O)O2)CC[C@H]1OCCO. The summed E-state index contributed by atoms with van der Waals surface area (Å²) in [6, 6.07) is -1.14. The number of cyclic esters (lactones) is 1. The number of ketones is 3. The van der Waals surface area contributed by atoms with Crippen LogP contribution in [0.1, 0.15) is 138 Å². The van der Waals surface area contributed by atoms with Crippen LogP contribution in [0.2, 0.25) is 0 Å². The van der Waals surface area contributed by atoms with Gasteiger partial charge in [0.05, 0.1) is 43.7 Å². The van der Waals surface area contributed by atoms with E-state index in [9.17, 15) is 39.3 Å². The molecule has 15 nitrogen and oxygen atoms in total. The molecular formula is C55H85NO14. The maximum absolute atomic E-state index is 14.5. The number of rotatable bonds is 10. The second-order valence-electron chi connectivity index (χ2n) is 21.3. The molecule has 0 aromatic carbocycles. The molecule has 1 amide bonds. The highest BCUT2D eigenvalue weighted by Gasteiger charge is 2.53. The van der Waals surface area contributed by atoms with E-state index < -0.39 is 71.7 Å². The molecular weight excluding hydrogens is 899 g/mol. The van der Waals surface area contributed by atoms with E-state index in [4.69, 9.17) is 28.4 Å². The van der Waals surface area contributed by atoms with Gasteiger partial charge in [-0.25, -0.2) is 4.79 Å². The van der Waals surface area contributed by atoms with E-state index in [1.165, 1.54) is 12.0 Å². The number of amides is 1. The molecule has 15 heteroatoms. The van der Waals surface area contributed by atoms with Gasteiger partial charge in [0, 0.05) is 51.4 Å². The van der Waals surface area contributed by atoms with Crippen LogP contribution in [0.25, 0.3) is 0 Å². The largest absolute Gasteiger partial charge is 0.460 e. The average Bonchev–Trinajstić information content (AvgIpc) is 4.17. The second kappa shape index (κ2) is 27.0. The number of ether oxygens (including phenoxy) is 6. The van der Waals surface area contributed by atoms with Crippen LogP contribution in [0, 0.1) is 35.5 Å². The first-order valence-corrected chi connectivity index (χ1v) is 26.2. The Hall–Kier alpha value is -3.41. The van der Waals surface area contributed by atoms with E-state index in [2.05, 4.69) is 0 Å². The quantitative estimate of drug-likeness (QED) is 0.118. The van der Waals surface area contributed by atoms with Gasteiger partial charge in [-0.2, -0.15) is 0 Å². The molecule has 2 bridgehead atoms. The molecule has 2 saturated carbocycles. The van der Waals surface area contributed by atoms with Crippen molar-refractivity contribution in [1.82, 2.24) is 4.90 Å². The summed E-state index contributed by atoms with van der Waals surface area (Å²) in [7, 11) is 3.02. The second-order valence-corrected chi connectivity index (χ2v) is 21.3. The number of piperidine rings is 1. The van der Waals surface area contributed by atoms with Crippen LogP contribution < -0.4 is 0 Å². The van der Waals surface area contributed by atoms with Crippen LogP contribution in [0.4, 0.5) is 0 Å². The van der Waals surface area contributed by atoms with Crippen LogP contribution in [0.15, 0.2) is 47.6 Å². The molecule has 3 aliphatic heterocycles. The molecule has 0 unspecified atom stereocenters. The smallest absolute Gasteiger partial charge is 0.329 e. The number of carbonyl (C=O) groups is 5. The molecule has 5 rings (SSSR count). The summed E-state index contributed by atoms with van der Waals surface area (Å²) in [5.41, 5.74) is 1.32. The molecule has 4 fully saturated rings. The maximum Gasteiger partial charge on any atom is 0.329 e. The lowest BCUT2D eigenvalue weighted by Crippen LogP contribution is -2.61. The molecule has 2 aliphatic carbocycles. The fraction of sp³-hybridized carbons (Fsp3) is 0.764. The topological polar surface area (TPSA) is 205 Å². The van der Waals surface area contributed by atoms with Crippen LogP contribution >= 0.6 is 0 Å². The molecule has 3 heterocycles. The monoisotopic (exact) mass is 984 g/mol. The zero-order chi connectivity index (χ0) is 51.3. The lowest BCUT2D eigenvalue weighted by molar-refractivity contribution is -0.266. The zero-order valence-electron chi connectivity index (χ0n) is 43.4. The van der Waals surface area contributed by atoms with E-state index in [1.807, 2.05) is 58.1 Å². The lowest BCUT2D eigenvalue weighted by atomic mass is 9.78. The minimum absolute atomic E-state index is 0.0197. The molecule has 0 radical (unpaired) electrons. The van der Waals surface area contributed by atoms with Crippen molar-refractivity contribution in [3.8, 4) is 0 Å². The van der Waals surface area contributed by atoms with Gasteiger partial charge >= 0.3 is 5.97 Å². The molecule has 3 N–H and O–H groups in total. The Balaban J connectivity index is 1.46. The number of carbonyl (C=O) groups excluding carboxylic acids is 5. The molecule has 394 valence electrons. The number of methoxy groups -OCH3 is 2. The van der Waals surface area contributed by atoms with Crippen molar-refractivity contribution in [2.75, 3.05) is 34.0 Å². The van der Waals surface area contributed by atoms with Crippen molar-refractivity contribution in [1.29, 1.82) is 0 Å². The molecule has 0 aromatic heterocycles. The summed E-state index contributed by atoms with van der Waals surface area (Å²) in [6.45, 7) is 13.0. The van der Waals surface area contributed by atoms with Crippen molar-refractivity contribution >= 4 is 29.2 Å². The number of fused-ring (bicyclic) bond motifs is 3. The summed E-state index contributed by atoms with van der Waals surface area (Å²) in [6.07, 6.45) is 14.3. The van der Waals surface area contributed by atoms with Gasteiger partial charge in [0.25, 0.3) is 11.7 Å².